The maximum absolute atomic E-state index is 12.0. The summed E-state index contributed by atoms with van der Waals surface area (Å²) in [5.41, 5.74) is 1.36. The highest BCUT2D eigenvalue weighted by atomic mass is 16.5. The van der Waals surface area contributed by atoms with Gasteiger partial charge in [0.1, 0.15) is 0 Å². The van der Waals surface area contributed by atoms with Crippen molar-refractivity contribution in [1.82, 2.24) is 15.5 Å². The van der Waals surface area contributed by atoms with Gasteiger partial charge >= 0.3 is 6.03 Å². The third kappa shape index (κ3) is 4.71. The lowest BCUT2D eigenvalue weighted by Gasteiger charge is -2.36. The molecule has 2 saturated heterocycles. The maximum atomic E-state index is 12.0. The molecule has 0 saturated carbocycles. The molecule has 1 aromatic carbocycles. The zero-order valence-corrected chi connectivity index (χ0v) is 14.5. The fourth-order valence-corrected chi connectivity index (χ4v) is 3.62. The van der Waals surface area contributed by atoms with Crippen LogP contribution in [0.5, 0.6) is 0 Å². The van der Waals surface area contributed by atoms with Crippen LogP contribution in [0.1, 0.15) is 44.2 Å². The number of urea groups is 1. The number of carbonyl (C=O) groups excluding carboxylic acids is 1. The Bertz CT molecular complexity index is 509. The average Bonchev–Trinajstić information content (AvgIpc) is 3.14. The minimum Gasteiger partial charge on any atom is -0.376 e. The van der Waals surface area contributed by atoms with E-state index in [1.807, 2.05) is 0 Å². The summed E-state index contributed by atoms with van der Waals surface area (Å²) in [4.78, 5) is 14.5. The lowest BCUT2D eigenvalue weighted by molar-refractivity contribution is 0.110. The summed E-state index contributed by atoms with van der Waals surface area (Å²) < 4.78 is 5.53. The molecule has 0 radical (unpaired) electrons. The Morgan fingerprint density at radius 2 is 2.00 bits per heavy atom. The van der Waals surface area contributed by atoms with E-state index >= 15 is 0 Å². The molecule has 2 atom stereocenters. The summed E-state index contributed by atoms with van der Waals surface area (Å²) in [5.74, 6) is 0. The molecule has 2 aliphatic heterocycles. The first-order valence-corrected chi connectivity index (χ1v) is 9.17. The fraction of sp³-hybridized carbons (Fsp3) is 0.632. The highest BCUT2D eigenvalue weighted by molar-refractivity contribution is 5.74. The van der Waals surface area contributed by atoms with E-state index in [1.165, 1.54) is 5.56 Å². The Balaban J connectivity index is 1.37. The van der Waals surface area contributed by atoms with Crippen molar-refractivity contribution in [3.63, 3.8) is 0 Å². The molecule has 2 aliphatic rings. The smallest absolute Gasteiger partial charge is 0.315 e. The van der Waals surface area contributed by atoms with Gasteiger partial charge in [0.25, 0.3) is 0 Å². The molecule has 24 heavy (non-hydrogen) atoms. The summed E-state index contributed by atoms with van der Waals surface area (Å²) in [5, 5.41) is 6.05. The lowest BCUT2D eigenvalue weighted by Crippen LogP contribution is -2.49. The minimum absolute atomic E-state index is 0.0555. The molecule has 0 aliphatic carbocycles. The Hall–Kier alpha value is -1.59. The van der Waals surface area contributed by atoms with Crippen LogP contribution in [0.25, 0.3) is 0 Å². The number of ether oxygens (including phenoxy) is 1. The molecule has 0 spiro atoms. The summed E-state index contributed by atoms with van der Waals surface area (Å²) in [7, 11) is 0. The third-order valence-electron chi connectivity index (χ3n) is 5.21. The first-order valence-electron chi connectivity index (χ1n) is 9.17. The van der Waals surface area contributed by atoms with Gasteiger partial charge in [-0.1, -0.05) is 30.3 Å². The van der Waals surface area contributed by atoms with Crippen molar-refractivity contribution in [2.24, 2.45) is 0 Å². The number of likely N-dealkylation sites (tertiary alicyclic amines) is 1. The number of nitrogens with one attached hydrogen (secondary N) is 2. The number of benzene rings is 1. The van der Waals surface area contributed by atoms with Crippen molar-refractivity contribution >= 4 is 6.03 Å². The molecular weight excluding hydrogens is 302 g/mol. The summed E-state index contributed by atoms with van der Waals surface area (Å²) in [6.45, 7) is 5.75. The molecular formula is C19H29N3O2. The van der Waals surface area contributed by atoms with Crippen LogP contribution in [0, 0.1) is 0 Å². The van der Waals surface area contributed by atoms with Crippen molar-refractivity contribution in [1.29, 1.82) is 0 Å². The monoisotopic (exact) mass is 331 g/mol. The number of hydrogen-bond acceptors (Lipinski definition) is 3. The molecule has 132 valence electrons. The topological polar surface area (TPSA) is 53.6 Å². The Morgan fingerprint density at radius 1 is 1.25 bits per heavy atom. The van der Waals surface area contributed by atoms with Crippen LogP contribution in [-0.2, 0) is 4.74 Å². The molecule has 0 aromatic heterocycles. The summed E-state index contributed by atoms with van der Waals surface area (Å²) in [6, 6.07) is 11.3. The van der Waals surface area contributed by atoms with Gasteiger partial charge in [-0.3, -0.25) is 4.90 Å². The van der Waals surface area contributed by atoms with Gasteiger partial charge in [-0.25, -0.2) is 4.79 Å². The van der Waals surface area contributed by atoms with Crippen LogP contribution in [-0.4, -0.2) is 49.3 Å². The second-order valence-electron chi connectivity index (χ2n) is 6.89. The van der Waals surface area contributed by atoms with Crippen molar-refractivity contribution in [3.05, 3.63) is 35.9 Å². The van der Waals surface area contributed by atoms with Crippen LogP contribution in [0.3, 0.4) is 0 Å². The van der Waals surface area contributed by atoms with Crippen LogP contribution in [0.15, 0.2) is 30.3 Å². The first kappa shape index (κ1) is 17.2. The number of amides is 2. The Morgan fingerprint density at radius 3 is 2.67 bits per heavy atom. The van der Waals surface area contributed by atoms with E-state index in [9.17, 15) is 4.79 Å². The van der Waals surface area contributed by atoms with Gasteiger partial charge in [0, 0.05) is 38.3 Å². The van der Waals surface area contributed by atoms with Gasteiger partial charge in [0.05, 0.1) is 6.10 Å². The molecule has 2 fully saturated rings. The number of carbonyl (C=O) groups is 1. The van der Waals surface area contributed by atoms with Crippen LogP contribution in [0.4, 0.5) is 4.79 Å². The second-order valence-corrected chi connectivity index (χ2v) is 6.89. The van der Waals surface area contributed by atoms with E-state index in [2.05, 4.69) is 52.8 Å². The average molecular weight is 331 g/mol. The van der Waals surface area contributed by atoms with Gasteiger partial charge in [0.2, 0.25) is 0 Å². The van der Waals surface area contributed by atoms with E-state index < -0.39 is 0 Å². The lowest BCUT2D eigenvalue weighted by atomic mass is 10.0. The Kier molecular flexibility index (Phi) is 6.10. The molecule has 5 heteroatoms. The zero-order chi connectivity index (χ0) is 16.8. The molecule has 3 rings (SSSR count). The summed E-state index contributed by atoms with van der Waals surface area (Å²) >= 11 is 0. The Labute approximate surface area is 144 Å². The first-order chi connectivity index (χ1) is 11.7. The quantitative estimate of drug-likeness (QED) is 0.872. The predicted octanol–water partition coefficient (Wildman–Crippen LogP) is 2.69. The van der Waals surface area contributed by atoms with E-state index in [4.69, 9.17) is 4.74 Å². The molecule has 2 unspecified atom stereocenters. The zero-order valence-electron chi connectivity index (χ0n) is 14.5. The van der Waals surface area contributed by atoms with E-state index in [0.717, 1.165) is 45.4 Å². The van der Waals surface area contributed by atoms with Gasteiger partial charge in [-0.2, -0.15) is 0 Å². The van der Waals surface area contributed by atoms with E-state index in [-0.39, 0.29) is 18.2 Å². The van der Waals surface area contributed by atoms with Crippen molar-refractivity contribution in [2.75, 3.05) is 26.2 Å². The van der Waals surface area contributed by atoms with Crippen LogP contribution < -0.4 is 10.6 Å². The number of hydrogen-bond donors (Lipinski definition) is 2. The third-order valence-corrected chi connectivity index (χ3v) is 5.21. The molecule has 2 heterocycles. The second kappa shape index (κ2) is 8.49. The van der Waals surface area contributed by atoms with E-state index in [0.29, 0.717) is 12.6 Å². The number of rotatable bonds is 5. The molecule has 2 amide bonds. The van der Waals surface area contributed by atoms with Crippen molar-refractivity contribution in [2.45, 2.75) is 50.8 Å². The maximum Gasteiger partial charge on any atom is 0.315 e. The normalized spacial score (nSPS) is 23.8. The summed E-state index contributed by atoms with van der Waals surface area (Å²) in [6.07, 6.45) is 4.36. The number of piperidine rings is 1. The highest BCUT2D eigenvalue weighted by Gasteiger charge is 2.24. The molecule has 2 N–H and O–H groups in total. The number of nitrogens with zero attached hydrogens (tertiary/aromatic N) is 1. The molecule has 1 aromatic rings. The minimum atomic E-state index is -0.0555. The largest absolute Gasteiger partial charge is 0.376 e. The highest BCUT2D eigenvalue weighted by Crippen LogP contribution is 2.23. The molecule has 0 bridgehead atoms. The van der Waals surface area contributed by atoms with Crippen LogP contribution in [0.2, 0.25) is 0 Å². The SMILES string of the molecule is CC(c1ccccc1)N1CCC(NC(=O)NCC2CCCO2)CC1. The van der Waals surface area contributed by atoms with Gasteiger partial charge < -0.3 is 15.4 Å². The standard InChI is InChI=1S/C19H29N3O2/c1-15(16-6-3-2-4-7-16)22-11-9-17(10-12-22)21-19(23)20-14-18-8-5-13-24-18/h2-4,6-7,15,17-18H,5,8-14H2,1H3,(H2,20,21,23). The van der Waals surface area contributed by atoms with Gasteiger partial charge in [-0.05, 0) is 38.2 Å². The fourth-order valence-electron chi connectivity index (χ4n) is 3.62. The van der Waals surface area contributed by atoms with Crippen molar-refractivity contribution < 1.29 is 9.53 Å². The van der Waals surface area contributed by atoms with Crippen molar-refractivity contribution in [3.8, 4) is 0 Å². The van der Waals surface area contributed by atoms with Gasteiger partial charge in [-0.15, -0.1) is 0 Å². The van der Waals surface area contributed by atoms with Crippen LogP contribution >= 0.6 is 0 Å². The van der Waals surface area contributed by atoms with E-state index in [1.54, 1.807) is 0 Å². The van der Waals surface area contributed by atoms with Gasteiger partial charge in [0.15, 0.2) is 0 Å². The molecule has 5 nitrogen and oxygen atoms in total. The predicted molar refractivity (Wildman–Crippen MR) is 95.0 cm³/mol.